The standard InChI is InChI=1S/C22H21ClFNO2/c1-13-11-16(23)12-17(24)18(13)14-5-7-15(8-6-14)19-20(26)22(25-21(19)27)9-3-2-4-10-22/h5-8,11-12,26H,2-4,9-10H2,1H3,(H,25,27). The van der Waals surface area contributed by atoms with E-state index in [1.54, 1.807) is 30.3 Å². The summed E-state index contributed by atoms with van der Waals surface area (Å²) in [6, 6.07) is 10.1. The van der Waals surface area contributed by atoms with Crippen molar-refractivity contribution in [2.75, 3.05) is 0 Å². The van der Waals surface area contributed by atoms with Crippen LogP contribution in [0.15, 0.2) is 42.2 Å². The molecule has 1 spiro atoms. The summed E-state index contributed by atoms with van der Waals surface area (Å²) in [6.07, 6.45) is 4.64. The predicted molar refractivity (Wildman–Crippen MR) is 105 cm³/mol. The fraction of sp³-hybridized carbons (Fsp3) is 0.318. The molecule has 1 amide bonds. The van der Waals surface area contributed by atoms with E-state index in [0.29, 0.717) is 27.3 Å². The van der Waals surface area contributed by atoms with Gasteiger partial charge in [0, 0.05) is 10.6 Å². The lowest BCUT2D eigenvalue weighted by Gasteiger charge is -2.33. The minimum absolute atomic E-state index is 0.147. The number of nitrogens with one attached hydrogen (secondary N) is 1. The van der Waals surface area contributed by atoms with E-state index in [1.807, 2.05) is 6.92 Å². The van der Waals surface area contributed by atoms with E-state index in [-0.39, 0.29) is 17.5 Å². The molecule has 0 bridgehead atoms. The monoisotopic (exact) mass is 385 g/mol. The minimum Gasteiger partial charge on any atom is -0.509 e. The molecule has 1 heterocycles. The summed E-state index contributed by atoms with van der Waals surface area (Å²) in [6.45, 7) is 1.81. The summed E-state index contributed by atoms with van der Waals surface area (Å²) in [7, 11) is 0. The Balaban J connectivity index is 1.72. The quantitative estimate of drug-likeness (QED) is 0.711. The van der Waals surface area contributed by atoms with Crippen molar-refractivity contribution in [2.24, 2.45) is 0 Å². The number of benzene rings is 2. The smallest absolute Gasteiger partial charge is 0.256 e. The van der Waals surface area contributed by atoms with Crippen molar-refractivity contribution in [3.63, 3.8) is 0 Å². The fourth-order valence-corrected chi connectivity index (χ4v) is 4.60. The van der Waals surface area contributed by atoms with Gasteiger partial charge in [0.15, 0.2) is 0 Å². The van der Waals surface area contributed by atoms with Gasteiger partial charge in [-0.25, -0.2) is 4.39 Å². The van der Waals surface area contributed by atoms with E-state index in [2.05, 4.69) is 5.32 Å². The Morgan fingerprint density at radius 2 is 1.70 bits per heavy atom. The summed E-state index contributed by atoms with van der Waals surface area (Å²) >= 11 is 5.91. The average Bonchev–Trinajstić information content (AvgIpc) is 2.85. The first-order valence-electron chi connectivity index (χ1n) is 9.24. The zero-order valence-corrected chi connectivity index (χ0v) is 15.9. The van der Waals surface area contributed by atoms with E-state index in [1.165, 1.54) is 6.07 Å². The Kier molecular flexibility index (Phi) is 4.47. The van der Waals surface area contributed by atoms with Crippen LogP contribution >= 0.6 is 11.6 Å². The van der Waals surface area contributed by atoms with Crippen LogP contribution in [0.25, 0.3) is 16.7 Å². The second kappa shape index (κ2) is 6.68. The van der Waals surface area contributed by atoms with Crippen LogP contribution in [-0.2, 0) is 4.79 Å². The Labute approximate surface area is 162 Å². The summed E-state index contributed by atoms with van der Waals surface area (Å²) in [4.78, 5) is 12.6. The van der Waals surface area contributed by atoms with Gasteiger partial charge in [0.25, 0.3) is 5.91 Å². The lowest BCUT2D eigenvalue weighted by molar-refractivity contribution is -0.116. The maximum Gasteiger partial charge on any atom is 0.256 e. The molecule has 5 heteroatoms. The molecule has 3 nitrogen and oxygen atoms in total. The Bertz CT molecular complexity index is 920. The van der Waals surface area contributed by atoms with Gasteiger partial charge in [-0.2, -0.15) is 0 Å². The minimum atomic E-state index is -0.609. The molecular weight excluding hydrogens is 365 g/mol. The molecule has 2 aliphatic rings. The van der Waals surface area contributed by atoms with Crippen LogP contribution in [-0.4, -0.2) is 16.6 Å². The molecule has 140 valence electrons. The molecule has 27 heavy (non-hydrogen) atoms. The Hall–Kier alpha value is -2.33. The lowest BCUT2D eigenvalue weighted by Crippen LogP contribution is -2.46. The van der Waals surface area contributed by atoms with Crippen molar-refractivity contribution < 1.29 is 14.3 Å². The third-order valence-electron chi connectivity index (χ3n) is 5.69. The number of amides is 1. The molecular formula is C22H21ClFNO2. The van der Waals surface area contributed by atoms with Gasteiger partial charge in [-0.1, -0.05) is 55.1 Å². The molecule has 0 unspecified atom stereocenters. The molecule has 4 rings (SSSR count). The topological polar surface area (TPSA) is 49.3 Å². The van der Waals surface area contributed by atoms with E-state index < -0.39 is 5.54 Å². The number of halogens is 2. The van der Waals surface area contributed by atoms with Crippen LogP contribution in [0.4, 0.5) is 4.39 Å². The van der Waals surface area contributed by atoms with Gasteiger partial charge in [0.05, 0.1) is 11.1 Å². The van der Waals surface area contributed by atoms with Crippen molar-refractivity contribution in [1.82, 2.24) is 5.32 Å². The molecule has 2 N–H and O–H groups in total. The van der Waals surface area contributed by atoms with Crippen LogP contribution in [0.5, 0.6) is 0 Å². The Morgan fingerprint density at radius 1 is 1.07 bits per heavy atom. The Morgan fingerprint density at radius 3 is 2.33 bits per heavy atom. The molecule has 0 saturated heterocycles. The number of aliphatic hydroxyl groups excluding tert-OH is 1. The number of rotatable bonds is 2. The first-order valence-corrected chi connectivity index (χ1v) is 9.62. The average molecular weight is 386 g/mol. The highest BCUT2D eigenvalue weighted by Crippen LogP contribution is 2.41. The largest absolute Gasteiger partial charge is 0.509 e. The second-order valence-electron chi connectivity index (χ2n) is 7.48. The van der Waals surface area contributed by atoms with Crippen molar-refractivity contribution in [1.29, 1.82) is 0 Å². The van der Waals surface area contributed by atoms with E-state index in [4.69, 9.17) is 11.6 Å². The summed E-state index contributed by atoms with van der Waals surface area (Å²) in [5.74, 6) is -0.473. The van der Waals surface area contributed by atoms with Gasteiger partial charge in [-0.15, -0.1) is 0 Å². The van der Waals surface area contributed by atoms with Gasteiger partial charge in [-0.05, 0) is 48.6 Å². The highest BCUT2D eigenvalue weighted by Gasteiger charge is 2.46. The zero-order valence-electron chi connectivity index (χ0n) is 15.1. The highest BCUT2D eigenvalue weighted by atomic mass is 35.5. The highest BCUT2D eigenvalue weighted by molar-refractivity contribution is 6.30. The first kappa shape index (κ1) is 18.1. The third-order valence-corrected chi connectivity index (χ3v) is 5.91. The number of carbonyl (C=O) groups is 1. The summed E-state index contributed by atoms with van der Waals surface area (Å²) in [5, 5.41) is 14.2. The third kappa shape index (κ3) is 3.02. The molecule has 0 radical (unpaired) electrons. The summed E-state index contributed by atoms with van der Waals surface area (Å²) < 4.78 is 14.4. The van der Waals surface area contributed by atoms with Gasteiger partial charge in [-0.3, -0.25) is 4.79 Å². The van der Waals surface area contributed by atoms with Gasteiger partial charge in [0.2, 0.25) is 0 Å². The van der Waals surface area contributed by atoms with Crippen molar-refractivity contribution in [3.8, 4) is 11.1 Å². The fourth-order valence-electron chi connectivity index (χ4n) is 4.34. The van der Waals surface area contributed by atoms with Gasteiger partial charge < -0.3 is 10.4 Å². The van der Waals surface area contributed by atoms with Crippen molar-refractivity contribution in [3.05, 3.63) is 64.1 Å². The number of aliphatic hydroxyl groups is 1. The van der Waals surface area contributed by atoms with Gasteiger partial charge >= 0.3 is 0 Å². The van der Waals surface area contributed by atoms with Crippen LogP contribution in [0.3, 0.4) is 0 Å². The molecule has 2 aromatic carbocycles. The summed E-state index contributed by atoms with van der Waals surface area (Å²) in [5.41, 5.74) is 2.30. The van der Waals surface area contributed by atoms with Gasteiger partial charge in [0.1, 0.15) is 11.6 Å². The number of aryl methyl sites for hydroxylation is 1. The van der Waals surface area contributed by atoms with Crippen LogP contribution in [0.2, 0.25) is 5.02 Å². The molecule has 1 fully saturated rings. The molecule has 1 saturated carbocycles. The normalized spacial score (nSPS) is 18.9. The van der Waals surface area contributed by atoms with Crippen LogP contribution in [0, 0.1) is 12.7 Å². The number of hydrogen-bond acceptors (Lipinski definition) is 2. The predicted octanol–water partition coefficient (Wildman–Crippen LogP) is 5.56. The van der Waals surface area contributed by atoms with E-state index >= 15 is 0 Å². The number of carbonyl (C=O) groups excluding carboxylic acids is 1. The maximum absolute atomic E-state index is 14.4. The second-order valence-corrected chi connectivity index (χ2v) is 7.91. The number of hydrogen-bond donors (Lipinski definition) is 2. The molecule has 2 aromatic rings. The van der Waals surface area contributed by atoms with E-state index in [9.17, 15) is 14.3 Å². The van der Waals surface area contributed by atoms with E-state index in [0.717, 1.165) is 37.7 Å². The van der Waals surface area contributed by atoms with Crippen LogP contribution < -0.4 is 5.32 Å². The molecule has 0 atom stereocenters. The SMILES string of the molecule is Cc1cc(Cl)cc(F)c1-c1ccc(C2=C(O)C3(CCCCC3)NC2=O)cc1. The molecule has 0 aromatic heterocycles. The van der Waals surface area contributed by atoms with Crippen molar-refractivity contribution >= 4 is 23.1 Å². The lowest BCUT2D eigenvalue weighted by atomic mass is 9.80. The zero-order chi connectivity index (χ0) is 19.2. The molecule has 1 aliphatic carbocycles. The van der Waals surface area contributed by atoms with Crippen LogP contribution in [0.1, 0.15) is 43.2 Å². The molecule has 1 aliphatic heterocycles. The first-order chi connectivity index (χ1) is 12.9. The maximum atomic E-state index is 14.4. The van der Waals surface area contributed by atoms with Crippen molar-refractivity contribution in [2.45, 2.75) is 44.6 Å².